The minimum Gasteiger partial charge on any atom is -0.325 e. The van der Waals surface area contributed by atoms with Crippen LogP contribution in [-0.4, -0.2) is 15.0 Å². The molecule has 1 aromatic heterocycles. The molecule has 18 heavy (non-hydrogen) atoms. The van der Waals surface area contributed by atoms with Gasteiger partial charge < -0.3 is 5.73 Å². The Bertz CT molecular complexity index is 436. The summed E-state index contributed by atoms with van der Waals surface area (Å²) in [6.45, 7) is 2.54. The summed E-state index contributed by atoms with van der Waals surface area (Å²) in [7, 11) is 0. The van der Waals surface area contributed by atoms with Crippen LogP contribution in [0.3, 0.4) is 0 Å². The van der Waals surface area contributed by atoms with Gasteiger partial charge in [-0.05, 0) is 62.7 Å². The van der Waals surface area contributed by atoms with Gasteiger partial charge in [-0.3, -0.25) is 0 Å². The summed E-state index contributed by atoms with van der Waals surface area (Å²) in [6.07, 6.45) is 7.15. The number of hydrogen-bond donors (Lipinski definition) is 1. The van der Waals surface area contributed by atoms with Crippen LogP contribution < -0.4 is 5.73 Å². The molecule has 0 unspecified atom stereocenters. The normalized spacial score (nSPS) is 41.6. The smallest absolute Gasteiger partial charge is 0.0992 e. The summed E-state index contributed by atoms with van der Waals surface area (Å²) >= 11 is 0. The van der Waals surface area contributed by atoms with Gasteiger partial charge in [0.15, 0.2) is 0 Å². The topological polar surface area (TPSA) is 56.7 Å². The molecule has 4 nitrogen and oxygen atoms in total. The van der Waals surface area contributed by atoms with Crippen molar-refractivity contribution in [2.45, 2.75) is 51.6 Å². The van der Waals surface area contributed by atoms with Gasteiger partial charge >= 0.3 is 0 Å². The fourth-order valence-electron chi connectivity index (χ4n) is 5.03. The molecular formula is C14H22N4. The lowest BCUT2D eigenvalue weighted by atomic mass is 9.54. The van der Waals surface area contributed by atoms with Gasteiger partial charge in [0, 0.05) is 6.54 Å². The molecule has 0 atom stereocenters. The molecule has 4 heteroatoms. The van der Waals surface area contributed by atoms with Gasteiger partial charge in [0.25, 0.3) is 0 Å². The van der Waals surface area contributed by atoms with Crippen molar-refractivity contribution >= 4 is 0 Å². The van der Waals surface area contributed by atoms with Crippen molar-refractivity contribution in [1.82, 2.24) is 15.0 Å². The number of rotatable bonds is 2. The van der Waals surface area contributed by atoms with Crippen LogP contribution in [0.4, 0.5) is 0 Å². The van der Waals surface area contributed by atoms with Gasteiger partial charge in [0.05, 0.1) is 17.4 Å². The first-order valence-electron chi connectivity index (χ1n) is 7.37. The van der Waals surface area contributed by atoms with Crippen LogP contribution >= 0.6 is 0 Å². The molecule has 4 aliphatic carbocycles. The van der Waals surface area contributed by atoms with E-state index in [-0.39, 0.29) is 0 Å². The number of aromatic nitrogens is 3. The van der Waals surface area contributed by atoms with E-state index < -0.39 is 0 Å². The highest BCUT2D eigenvalue weighted by molar-refractivity contribution is 5.07. The van der Waals surface area contributed by atoms with Crippen LogP contribution in [-0.2, 0) is 6.54 Å². The third-order valence-electron chi connectivity index (χ3n) is 5.53. The lowest BCUT2D eigenvalue weighted by Gasteiger charge is -2.53. The zero-order valence-electron chi connectivity index (χ0n) is 11.0. The van der Waals surface area contributed by atoms with Crippen molar-refractivity contribution in [3.05, 3.63) is 11.4 Å². The van der Waals surface area contributed by atoms with Crippen LogP contribution in [0.1, 0.15) is 49.5 Å². The van der Waals surface area contributed by atoms with E-state index in [1.54, 1.807) is 0 Å². The Balaban J connectivity index is 1.67. The molecule has 5 rings (SSSR count). The van der Waals surface area contributed by atoms with E-state index >= 15 is 0 Å². The first-order valence-corrected chi connectivity index (χ1v) is 7.37. The fourth-order valence-corrected chi connectivity index (χ4v) is 5.03. The molecular weight excluding hydrogens is 224 g/mol. The van der Waals surface area contributed by atoms with Gasteiger partial charge in [-0.15, -0.1) is 0 Å². The molecule has 1 heterocycles. The SMILES string of the molecule is Cc1nn(C2C3CC4CC(C3)CC2C4)nc1CN. The van der Waals surface area contributed by atoms with Crippen LogP contribution in [0.2, 0.25) is 0 Å². The van der Waals surface area contributed by atoms with Gasteiger partial charge in [0.1, 0.15) is 0 Å². The quantitative estimate of drug-likeness (QED) is 0.868. The summed E-state index contributed by atoms with van der Waals surface area (Å²) in [6, 6.07) is 0.566. The second kappa shape index (κ2) is 3.80. The minimum absolute atomic E-state index is 0.513. The molecule has 4 fully saturated rings. The monoisotopic (exact) mass is 246 g/mol. The Labute approximate surface area is 108 Å². The Morgan fingerprint density at radius 3 is 2.17 bits per heavy atom. The van der Waals surface area contributed by atoms with E-state index in [0.29, 0.717) is 12.6 Å². The molecule has 0 aliphatic heterocycles. The van der Waals surface area contributed by atoms with E-state index in [9.17, 15) is 0 Å². The number of nitrogens with two attached hydrogens (primary N) is 1. The van der Waals surface area contributed by atoms with Crippen molar-refractivity contribution < 1.29 is 0 Å². The second-order valence-electron chi connectivity index (χ2n) is 6.68. The van der Waals surface area contributed by atoms with Crippen molar-refractivity contribution in [2.24, 2.45) is 29.4 Å². The Morgan fingerprint density at radius 2 is 1.67 bits per heavy atom. The molecule has 4 bridgehead atoms. The summed E-state index contributed by atoms with van der Waals surface area (Å²) in [4.78, 5) is 2.03. The minimum atomic E-state index is 0.513. The molecule has 98 valence electrons. The number of hydrogen-bond acceptors (Lipinski definition) is 3. The lowest BCUT2D eigenvalue weighted by molar-refractivity contribution is -0.0391. The predicted molar refractivity (Wildman–Crippen MR) is 68.7 cm³/mol. The van der Waals surface area contributed by atoms with Crippen molar-refractivity contribution in [1.29, 1.82) is 0 Å². The third kappa shape index (κ3) is 1.48. The molecule has 0 aromatic carbocycles. The maximum Gasteiger partial charge on any atom is 0.0992 e. The molecule has 1 aromatic rings. The summed E-state index contributed by atoms with van der Waals surface area (Å²) in [5, 5.41) is 9.31. The molecule has 4 aliphatic rings. The maximum absolute atomic E-state index is 5.72. The molecule has 0 amide bonds. The summed E-state index contributed by atoms with van der Waals surface area (Å²) in [5.74, 6) is 3.68. The predicted octanol–water partition coefficient (Wildman–Crippen LogP) is 2.04. The lowest BCUT2D eigenvalue weighted by Crippen LogP contribution is -2.46. The third-order valence-corrected chi connectivity index (χ3v) is 5.53. The van der Waals surface area contributed by atoms with E-state index in [1.165, 1.54) is 32.1 Å². The van der Waals surface area contributed by atoms with Crippen LogP contribution in [0.15, 0.2) is 0 Å². The number of aryl methyl sites for hydroxylation is 1. The van der Waals surface area contributed by atoms with Crippen molar-refractivity contribution in [3.8, 4) is 0 Å². The zero-order valence-corrected chi connectivity index (χ0v) is 11.0. The van der Waals surface area contributed by atoms with Crippen LogP contribution in [0.25, 0.3) is 0 Å². The fraction of sp³-hybridized carbons (Fsp3) is 0.857. The standard InChI is InChI=1S/C14H22N4/c1-8-13(7-15)17-18(16-8)14-11-3-9-2-10(5-11)6-12(14)4-9/h9-12,14H,2-7,15H2,1H3. The summed E-state index contributed by atoms with van der Waals surface area (Å²) < 4.78 is 0. The molecule has 4 saturated carbocycles. The van der Waals surface area contributed by atoms with E-state index in [4.69, 9.17) is 5.73 Å². The average molecular weight is 246 g/mol. The Morgan fingerprint density at radius 1 is 1.06 bits per heavy atom. The molecule has 0 saturated heterocycles. The van der Waals surface area contributed by atoms with E-state index in [0.717, 1.165) is 35.1 Å². The highest BCUT2D eigenvalue weighted by Crippen LogP contribution is 2.57. The largest absolute Gasteiger partial charge is 0.325 e. The summed E-state index contributed by atoms with van der Waals surface area (Å²) in [5.41, 5.74) is 7.72. The van der Waals surface area contributed by atoms with Crippen LogP contribution in [0, 0.1) is 30.6 Å². The highest BCUT2D eigenvalue weighted by Gasteiger charge is 2.49. The van der Waals surface area contributed by atoms with Gasteiger partial charge in [-0.2, -0.15) is 15.0 Å². The Hall–Kier alpha value is -0.900. The number of nitrogens with zero attached hydrogens (tertiary/aromatic N) is 3. The average Bonchev–Trinajstić information content (AvgIpc) is 2.69. The molecule has 0 radical (unpaired) electrons. The zero-order chi connectivity index (χ0) is 12.3. The van der Waals surface area contributed by atoms with Gasteiger partial charge in [-0.25, -0.2) is 0 Å². The first-order chi connectivity index (χ1) is 8.74. The van der Waals surface area contributed by atoms with Crippen molar-refractivity contribution in [2.75, 3.05) is 0 Å². The maximum atomic E-state index is 5.72. The molecule has 2 N–H and O–H groups in total. The van der Waals surface area contributed by atoms with Crippen molar-refractivity contribution in [3.63, 3.8) is 0 Å². The van der Waals surface area contributed by atoms with E-state index in [2.05, 4.69) is 10.2 Å². The van der Waals surface area contributed by atoms with Crippen LogP contribution in [0.5, 0.6) is 0 Å². The second-order valence-corrected chi connectivity index (χ2v) is 6.68. The van der Waals surface area contributed by atoms with Gasteiger partial charge in [0.2, 0.25) is 0 Å². The first kappa shape index (κ1) is 11.0. The van der Waals surface area contributed by atoms with E-state index in [1.807, 2.05) is 11.7 Å². The van der Waals surface area contributed by atoms with Gasteiger partial charge in [-0.1, -0.05) is 0 Å². The Kier molecular flexibility index (Phi) is 2.31. The molecule has 0 spiro atoms. The highest BCUT2D eigenvalue weighted by atomic mass is 15.5.